The molecule has 2 saturated heterocycles. The molecule has 1 aromatic carbocycles. The molecule has 0 saturated carbocycles. The number of piperidine rings is 2. The zero-order chi connectivity index (χ0) is 23.3. The molecule has 1 aromatic heterocycles. The predicted molar refractivity (Wildman–Crippen MR) is 120 cm³/mol. The number of H-pyrrole nitrogens is 1. The van der Waals surface area contributed by atoms with Gasteiger partial charge in [0, 0.05) is 44.5 Å². The molecule has 2 fully saturated rings. The number of imidazole rings is 1. The monoisotopic (exact) mass is 466 g/mol. The minimum Gasteiger partial charge on any atom is -0.342 e. The van der Waals surface area contributed by atoms with Crippen molar-refractivity contribution in [3.8, 4) is 0 Å². The molecule has 32 heavy (non-hydrogen) atoms. The Morgan fingerprint density at radius 3 is 2.38 bits per heavy atom. The van der Waals surface area contributed by atoms with Crippen LogP contribution in [0.1, 0.15) is 45.6 Å². The summed E-state index contributed by atoms with van der Waals surface area (Å²) < 4.78 is 39.5. The van der Waals surface area contributed by atoms with Crippen LogP contribution in [-0.4, -0.2) is 72.7 Å². The summed E-state index contributed by atoms with van der Waals surface area (Å²) in [6, 6.07) is 2.17. The molecule has 0 atom stereocenters. The third kappa shape index (κ3) is 4.61. The number of nitrogens with one attached hydrogen (secondary N) is 1. The van der Waals surface area contributed by atoms with E-state index in [1.54, 1.807) is 0 Å². The molecule has 4 rings (SSSR count). The molecule has 0 bridgehead atoms. The maximum atomic E-state index is 14.4. The number of aromatic nitrogens is 2. The lowest BCUT2D eigenvalue weighted by atomic mass is 9.82. The van der Waals surface area contributed by atoms with Crippen LogP contribution in [0.15, 0.2) is 21.8 Å². The van der Waals surface area contributed by atoms with Crippen molar-refractivity contribution in [1.29, 1.82) is 0 Å². The molecular formula is C22H31FN4O4S. The first-order valence-corrected chi connectivity index (χ1v) is 13.0. The van der Waals surface area contributed by atoms with Crippen LogP contribution < -0.4 is 5.69 Å². The quantitative estimate of drug-likeness (QED) is 0.745. The minimum atomic E-state index is -3.74. The summed E-state index contributed by atoms with van der Waals surface area (Å²) >= 11 is 0. The fourth-order valence-corrected chi connectivity index (χ4v) is 5.51. The van der Waals surface area contributed by atoms with Gasteiger partial charge < -0.3 is 9.88 Å². The summed E-state index contributed by atoms with van der Waals surface area (Å²) in [5.74, 6) is -0.709. The molecule has 0 spiro atoms. The van der Waals surface area contributed by atoms with Crippen LogP contribution in [0.3, 0.4) is 0 Å². The number of benzene rings is 1. The zero-order valence-corrected chi connectivity index (χ0v) is 19.7. The van der Waals surface area contributed by atoms with Crippen molar-refractivity contribution in [2.45, 2.75) is 50.5 Å². The molecule has 3 heterocycles. The van der Waals surface area contributed by atoms with Gasteiger partial charge >= 0.3 is 5.69 Å². The topological polar surface area (TPSA) is 95.5 Å². The summed E-state index contributed by atoms with van der Waals surface area (Å²) in [6.45, 7) is 7.78. The molecular weight excluding hydrogens is 435 g/mol. The Balaban J connectivity index is 1.43. The summed E-state index contributed by atoms with van der Waals surface area (Å²) in [4.78, 5) is 31.6. The smallest absolute Gasteiger partial charge is 0.326 e. The number of fused-ring (bicyclic) bond motifs is 1. The lowest BCUT2D eigenvalue weighted by molar-refractivity contribution is -0.134. The Hall–Kier alpha value is -2.20. The molecule has 1 amide bonds. The van der Waals surface area contributed by atoms with Crippen molar-refractivity contribution < 1.29 is 17.6 Å². The Kier molecular flexibility index (Phi) is 5.96. The van der Waals surface area contributed by atoms with E-state index >= 15 is 0 Å². The highest BCUT2D eigenvalue weighted by molar-refractivity contribution is 7.90. The van der Waals surface area contributed by atoms with Gasteiger partial charge in [-0.05, 0) is 37.2 Å². The van der Waals surface area contributed by atoms with Crippen LogP contribution in [-0.2, 0) is 14.6 Å². The van der Waals surface area contributed by atoms with Crippen LogP contribution in [0.2, 0.25) is 0 Å². The van der Waals surface area contributed by atoms with Gasteiger partial charge in [0.1, 0.15) is 10.7 Å². The number of hydrogen-bond donors (Lipinski definition) is 1. The van der Waals surface area contributed by atoms with Crippen molar-refractivity contribution >= 4 is 26.8 Å². The summed E-state index contributed by atoms with van der Waals surface area (Å²) in [7, 11) is -3.74. The Morgan fingerprint density at radius 1 is 1.16 bits per heavy atom. The first-order valence-electron chi connectivity index (χ1n) is 11.1. The van der Waals surface area contributed by atoms with Gasteiger partial charge in [0.2, 0.25) is 5.91 Å². The normalized spacial score (nSPS) is 20.7. The molecule has 10 heteroatoms. The maximum absolute atomic E-state index is 14.4. The highest BCUT2D eigenvalue weighted by Gasteiger charge is 2.30. The van der Waals surface area contributed by atoms with E-state index in [0.717, 1.165) is 38.3 Å². The van der Waals surface area contributed by atoms with Crippen molar-refractivity contribution in [2.75, 3.05) is 39.0 Å². The summed E-state index contributed by atoms with van der Waals surface area (Å²) in [5, 5.41) is 0. The number of carbonyl (C=O) groups excluding carboxylic acids is 1. The fraction of sp³-hybridized carbons (Fsp3) is 0.636. The second-order valence-electron chi connectivity index (χ2n) is 9.92. The molecule has 0 aliphatic carbocycles. The Bertz CT molecular complexity index is 1180. The lowest BCUT2D eigenvalue weighted by Gasteiger charge is -2.38. The van der Waals surface area contributed by atoms with Gasteiger partial charge in [0.25, 0.3) is 0 Å². The Labute approximate surface area is 187 Å². The molecule has 2 aliphatic heterocycles. The van der Waals surface area contributed by atoms with Gasteiger partial charge in [0.05, 0.1) is 17.6 Å². The molecule has 8 nitrogen and oxygen atoms in total. The largest absolute Gasteiger partial charge is 0.342 e. The molecule has 2 aromatic rings. The maximum Gasteiger partial charge on any atom is 0.326 e. The van der Waals surface area contributed by atoms with Gasteiger partial charge in [-0.25, -0.2) is 17.6 Å². The number of nitrogens with zero attached hydrogens (tertiary/aromatic N) is 3. The first kappa shape index (κ1) is 23.0. The third-order valence-corrected chi connectivity index (χ3v) is 8.03. The highest BCUT2D eigenvalue weighted by atomic mass is 32.2. The first-order chi connectivity index (χ1) is 14.9. The summed E-state index contributed by atoms with van der Waals surface area (Å²) in [6.07, 6.45) is 4.28. The van der Waals surface area contributed by atoms with Crippen LogP contribution in [0.4, 0.5) is 4.39 Å². The van der Waals surface area contributed by atoms with E-state index in [-0.39, 0.29) is 17.6 Å². The number of amides is 1. The second kappa shape index (κ2) is 8.30. The fourth-order valence-electron chi connectivity index (χ4n) is 4.76. The molecule has 176 valence electrons. The van der Waals surface area contributed by atoms with Crippen LogP contribution >= 0.6 is 0 Å². The van der Waals surface area contributed by atoms with Crippen LogP contribution in [0, 0.1) is 11.2 Å². The number of sulfone groups is 1. The summed E-state index contributed by atoms with van der Waals surface area (Å²) in [5.41, 5.74) is 0.590. The number of halogens is 1. The molecule has 2 aliphatic rings. The average molecular weight is 467 g/mol. The highest BCUT2D eigenvalue weighted by Crippen LogP contribution is 2.30. The Morgan fingerprint density at radius 2 is 1.78 bits per heavy atom. The number of rotatable bonds is 4. The van der Waals surface area contributed by atoms with Gasteiger partial charge in [-0.2, -0.15) is 0 Å². The van der Waals surface area contributed by atoms with Crippen LogP contribution in [0.25, 0.3) is 11.0 Å². The SMILES string of the molecule is CC1(C)CCN(C(=O)CN2CCC(n3c(=O)[nH]c4cc(S(C)(=O)=O)c(F)cc43)CC2)CC1. The number of likely N-dealkylation sites (tertiary alicyclic amines) is 2. The van der Waals surface area contributed by atoms with Gasteiger partial charge in [-0.15, -0.1) is 0 Å². The zero-order valence-electron chi connectivity index (χ0n) is 18.9. The van der Waals surface area contributed by atoms with Gasteiger partial charge in [-0.1, -0.05) is 13.8 Å². The van der Waals surface area contributed by atoms with E-state index in [9.17, 15) is 22.4 Å². The van der Waals surface area contributed by atoms with Gasteiger partial charge in [0.15, 0.2) is 9.84 Å². The number of hydrogen-bond acceptors (Lipinski definition) is 5. The van der Waals surface area contributed by atoms with E-state index in [1.807, 2.05) is 4.90 Å². The molecule has 0 unspecified atom stereocenters. The average Bonchev–Trinajstić information content (AvgIpc) is 3.02. The standard InChI is InChI=1S/C22H31FN4O4S/c1-22(2)6-10-26(11-7-22)20(28)14-25-8-4-15(5-9-25)27-18-12-16(23)19(32(3,30)31)13-17(18)24-21(27)29/h12-13,15H,4-11,14H2,1-3H3,(H,24,29). The van der Waals surface area contributed by atoms with Gasteiger partial charge in [-0.3, -0.25) is 14.3 Å². The van der Waals surface area contributed by atoms with Crippen molar-refractivity contribution in [1.82, 2.24) is 19.4 Å². The van der Waals surface area contributed by atoms with Crippen molar-refractivity contribution in [3.05, 3.63) is 28.4 Å². The van der Waals surface area contributed by atoms with Crippen molar-refractivity contribution in [2.24, 2.45) is 5.41 Å². The lowest BCUT2D eigenvalue weighted by Crippen LogP contribution is -2.47. The van der Waals surface area contributed by atoms with Crippen LogP contribution in [0.5, 0.6) is 0 Å². The third-order valence-electron chi connectivity index (χ3n) is 6.92. The number of carbonyl (C=O) groups is 1. The second-order valence-corrected chi connectivity index (χ2v) is 11.9. The molecule has 1 N–H and O–H groups in total. The van der Waals surface area contributed by atoms with E-state index < -0.39 is 20.5 Å². The minimum absolute atomic E-state index is 0.137. The number of aromatic amines is 1. The van der Waals surface area contributed by atoms with E-state index in [4.69, 9.17) is 0 Å². The van der Waals surface area contributed by atoms with E-state index in [2.05, 4.69) is 23.7 Å². The molecule has 0 radical (unpaired) electrons. The van der Waals surface area contributed by atoms with E-state index in [0.29, 0.717) is 48.9 Å². The van der Waals surface area contributed by atoms with Crippen molar-refractivity contribution in [3.63, 3.8) is 0 Å². The predicted octanol–water partition coefficient (Wildman–Crippen LogP) is 2.16. The van der Waals surface area contributed by atoms with E-state index in [1.165, 1.54) is 10.6 Å².